The monoisotopic (exact) mass is 275 g/mol. The summed E-state index contributed by atoms with van der Waals surface area (Å²) in [6.45, 7) is 3.71. The number of aromatic nitrogens is 2. The van der Waals surface area contributed by atoms with Crippen LogP contribution in [-0.4, -0.2) is 21.2 Å². The van der Waals surface area contributed by atoms with Crippen molar-refractivity contribution in [3.63, 3.8) is 0 Å². The van der Waals surface area contributed by atoms with Gasteiger partial charge in [-0.1, -0.05) is 12.1 Å². The van der Waals surface area contributed by atoms with Gasteiger partial charge in [0.15, 0.2) is 5.69 Å². The normalized spacial score (nSPS) is 10.6. The minimum absolute atomic E-state index is 0.0437. The van der Waals surface area contributed by atoms with Gasteiger partial charge in [0.1, 0.15) is 12.1 Å². The molecule has 0 atom stereocenters. The third-order valence-electron chi connectivity index (χ3n) is 2.45. The molecule has 0 radical (unpaired) electrons. The number of aliphatic hydroxyl groups excluding tert-OH is 1. The van der Waals surface area contributed by atoms with E-state index in [0.29, 0.717) is 11.6 Å². The maximum atomic E-state index is 9.10. The van der Waals surface area contributed by atoms with Gasteiger partial charge in [-0.05, 0) is 31.5 Å². The summed E-state index contributed by atoms with van der Waals surface area (Å²) < 4.78 is 11.1. The predicted octanol–water partition coefficient (Wildman–Crippen LogP) is 2.13. The van der Waals surface area contributed by atoms with Crippen LogP contribution in [0.4, 0.5) is 5.69 Å². The van der Waals surface area contributed by atoms with Crippen molar-refractivity contribution in [3.05, 3.63) is 36.2 Å². The quantitative estimate of drug-likeness (QED) is 0.868. The molecule has 6 nitrogen and oxygen atoms in total. The molecule has 0 saturated heterocycles. The molecule has 1 heterocycles. The number of rotatable bonds is 5. The SMILES string of the molecule is CC(C)Oc1ncnc(Oc2cccc(CO)c2)c1N. The highest BCUT2D eigenvalue weighted by Gasteiger charge is 2.12. The Morgan fingerprint density at radius 1 is 1.25 bits per heavy atom. The number of anilines is 1. The molecule has 0 aliphatic carbocycles. The lowest BCUT2D eigenvalue weighted by atomic mass is 10.2. The Hall–Kier alpha value is -2.34. The van der Waals surface area contributed by atoms with Crippen LogP contribution in [0.5, 0.6) is 17.5 Å². The third-order valence-corrected chi connectivity index (χ3v) is 2.45. The van der Waals surface area contributed by atoms with E-state index in [-0.39, 0.29) is 24.3 Å². The summed E-state index contributed by atoms with van der Waals surface area (Å²) in [5, 5.41) is 9.10. The Bertz CT molecular complexity index is 588. The third kappa shape index (κ3) is 3.36. The van der Waals surface area contributed by atoms with Crippen LogP contribution in [0.25, 0.3) is 0 Å². The van der Waals surface area contributed by atoms with E-state index in [1.54, 1.807) is 24.3 Å². The van der Waals surface area contributed by atoms with Crippen LogP contribution in [0, 0.1) is 0 Å². The van der Waals surface area contributed by atoms with Crippen molar-refractivity contribution in [2.75, 3.05) is 5.73 Å². The Labute approximate surface area is 117 Å². The average Bonchev–Trinajstić information content (AvgIpc) is 2.43. The summed E-state index contributed by atoms with van der Waals surface area (Å²) in [5.74, 6) is 1.06. The molecule has 0 spiro atoms. The number of hydrogen-bond donors (Lipinski definition) is 2. The first kappa shape index (κ1) is 14.1. The van der Waals surface area contributed by atoms with Gasteiger partial charge in [-0.25, -0.2) is 0 Å². The summed E-state index contributed by atoms with van der Waals surface area (Å²) >= 11 is 0. The van der Waals surface area contributed by atoms with Gasteiger partial charge in [0.05, 0.1) is 12.7 Å². The highest BCUT2D eigenvalue weighted by Crippen LogP contribution is 2.31. The fourth-order valence-corrected chi connectivity index (χ4v) is 1.58. The number of nitrogens with two attached hydrogens (primary N) is 1. The molecule has 1 aromatic heterocycles. The Morgan fingerprint density at radius 2 is 2.00 bits per heavy atom. The molecule has 1 aromatic carbocycles. The van der Waals surface area contributed by atoms with Gasteiger partial charge in [-0.15, -0.1) is 0 Å². The van der Waals surface area contributed by atoms with E-state index in [1.165, 1.54) is 6.33 Å². The fourth-order valence-electron chi connectivity index (χ4n) is 1.58. The largest absolute Gasteiger partial charge is 0.473 e. The number of benzene rings is 1. The van der Waals surface area contributed by atoms with Crippen LogP contribution in [0.2, 0.25) is 0 Å². The maximum absolute atomic E-state index is 9.10. The first-order valence-electron chi connectivity index (χ1n) is 6.25. The van der Waals surface area contributed by atoms with E-state index in [9.17, 15) is 0 Å². The Morgan fingerprint density at radius 3 is 2.70 bits per heavy atom. The standard InChI is InChI=1S/C14H17N3O3/c1-9(2)19-13-12(15)14(17-8-16-13)20-11-5-3-4-10(6-11)7-18/h3-6,8-9,18H,7,15H2,1-2H3. The van der Waals surface area contributed by atoms with Crippen molar-refractivity contribution in [2.24, 2.45) is 0 Å². The summed E-state index contributed by atoms with van der Waals surface area (Å²) in [6.07, 6.45) is 1.29. The number of hydrogen-bond acceptors (Lipinski definition) is 6. The zero-order valence-corrected chi connectivity index (χ0v) is 11.4. The second kappa shape index (κ2) is 6.21. The summed E-state index contributed by atoms with van der Waals surface area (Å²) in [4.78, 5) is 7.97. The van der Waals surface area contributed by atoms with Crippen molar-refractivity contribution < 1.29 is 14.6 Å². The average molecular weight is 275 g/mol. The van der Waals surface area contributed by atoms with Gasteiger partial charge in [0.2, 0.25) is 11.8 Å². The molecule has 0 aliphatic heterocycles. The zero-order chi connectivity index (χ0) is 14.5. The second-order valence-electron chi connectivity index (χ2n) is 4.47. The van der Waals surface area contributed by atoms with Gasteiger partial charge in [0, 0.05) is 0 Å². The Kier molecular flexibility index (Phi) is 4.37. The van der Waals surface area contributed by atoms with Crippen molar-refractivity contribution in [3.8, 4) is 17.5 Å². The predicted molar refractivity (Wildman–Crippen MR) is 74.6 cm³/mol. The molecule has 2 aromatic rings. The van der Waals surface area contributed by atoms with E-state index in [4.69, 9.17) is 20.3 Å². The van der Waals surface area contributed by atoms with Crippen LogP contribution in [0.3, 0.4) is 0 Å². The van der Waals surface area contributed by atoms with Gasteiger partial charge in [-0.2, -0.15) is 9.97 Å². The summed E-state index contributed by atoms with van der Waals surface area (Å²) in [6, 6.07) is 7.04. The van der Waals surface area contributed by atoms with Crippen LogP contribution in [0.15, 0.2) is 30.6 Å². The second-order valence-corrected chi connectivity index (χ2v) is 4.47. The zero-order valence-electron chi connectivity index (χ0n) is 11.4. The smallest absolute Gasteiger partial charge is 0.249 e. The minimum atomic E-state index is -0.0574. The maximum Gasteiger partial charge on any atom is 0.249 e. The lowest BCUT2D eigenvalue weighted by Crippen LogP contribution is -2.10. The van der Waals surface area contributed by atoms with Crippen LogP contribution in [-0.2, 0) is 6.61 Å². The van der Waals surface area contributed by atoms with E-state index in [0.717, 1.165) is 5.56 Å². The van der Waals surface area contributed by atoms with Gasteiger partial charge < -0.3 is 20.3 Å². The molecule has 0 unspecified atom stereocenters. The van der Waals surface area contributed by atoms with E-state index in [1.807, 2.05) is 13.8 Å². The number of ether oxygens (including phenoxy) is 2. The molecule has 20 heavy (non-hydrogen) atoms. The molecule has 0 bridgehead atoms. The van der Waals surface area contributed by atoms with Crippen molar-refractivity contribution >= 4 is 5.69 Å². The molecular formula is C14H17N3O3. The van der Waals surface area contributed by atoms with Crippen LogP contribution >= 0.6 is 0 Å². The molecule has 3 N–H and O–H groups in total. The van der Waals surface area contributed by atoms with E-state index >= 15 is 0 Å². The lowest BCUT2D eigenvalue weighted by molar-refractivity contribution is 0.232. The molecule has 0 fully saturated rings. The number of aliphatic hydroxyl groups is 1. The first-order chi connectivity index (χ1) is 9.60. The fraction of sp³-hybridized carbons (Fsp3) is 0.286. The van der Waals surface area contributed by atoms with Gasteiger partial charge in [-0.3, -0.25) is 0 Å². The topological polar surface area (TPSA) is 90.5 Å². The summed E-state index contributed by atoms with van der Waals surface area (Å²) in [7, 11) is 0. The molecular weight excluding hydrogens is 258 g/mol. The summed E-state index contributed by atoms with van der Waals surface area (Å²) in [5.41, 5.74) is 6.92. The van der Waals surface area contributed by atoms with Crippen LogP contribution in [0.1, 0.15) is 19.4 Å². The molecule has 0 saturated carbocycles. The van der Waals surface area contributed by atoms with Crippen LogP contribution < -0.4 is 15.2 Å². The minimum Gasteiger partial charge on any atom is -0.473 e. The molecule has 0 aliphatic rings. The first-order valence-corrected chi connectivity index (χ1v) is 6.25. The Balaban J connectivity index is 2.24. The van der Waals surface area contributed by atoms with E-state index in [2.05, 4.69) is 9.97 Å². The van der Waals surface area contributed by atoms with Gasteiger partial charge >= 0.3 is 0 Å². The molecule has 0 amide bonds. The highest BCUT2D eigenvalue weighted by molar-refractivity contribution is 5.56. The number of nitrogens with zero attached hydrogens (tertiary/aromatic N) is 2. The highest BCUT2D eigenvalue weighted by atomic mass is 16.5. The van der Waals surface area contributed by atoms with Crippen molar-refractivity contribution in [2.45, 2.75) is 26.6 Å². The number of nitrogen functional groups attached to an aromatic ring is 1. The van der Waals surface area contributed by atoms with Crippen molar-refractivity contribution in [1.29, 1.82) is 0 Å². The molecule has 2 rings (SSSR count). The molecule has 6 heteroatoms. The van der Waals surface area contributed by atoms with E-state index < -0.39 is 0 Å². The lowest BCUT2D eigenvalue weighted by Gasteiger charge is -2.13. The van der Waals surface area contributed by atoms with Gasteiger partial charge in [0.25, 0.3) is 0 Å². The molecule has 106 valence electrons. The van der Waals surface area contributed by atoms with Crippen molar-refractivity contribution in [1.82, 2.24) is 9.97 Å².